The van der Waals surface area contributed by atoms with Crippen molar-refractivity contribution < 1.29 is 4.92 Å². The third-order valence-electron chi connectivity index (χ3n) is 3.11. The summed E-state index contributed by atoms with van der Waals surface area (Å²) in [6, 6.07) is 7.69. The zero-order valence-electron chi connectivity index (χ0n) is 11.0. The minimum atomic E-state index is -0.428. The van der Waals surface area contributed by atoms with Crippen LogP contribution in [-0.4, -0.2) is 9.49 Å². The highest BCUT2D eigenvalue weighted by molar-refractivity contribution is 5.81. The molecule has 0 bridgehead atoms. The monoisotopic (exact) mass is 260 g/mol. The van der Waals surface area contributed by atoms with Gasteiger partial charge in [0.25, 0.3) is 11.2 Å². The van der Waals surface area contributed by atoms with Crippen LogP contribution in [0.5, 0.6) is 0 Å². The van der Waals surface area contributed by atoms with E-state index in [-0.39, 0.29) is 11.2 Å². The topological polar surface area (TPSA) is 65.1 Å². The largest absolute Gasteiger partial charge is 0.308 e. The van der Waals surface area contributed by atoms with E-state index < -0.39 is 4.92 Å². The molecule has 0 amide bonds. The summed E-state index contributed by atoms with van der Waals surface area (Å²) in [5.74, 6) is 0.500. The molecule has 0 saturated carbocycles. The van der Waals surface area contributed by atoms with Crippen LogP contribution >= 0.6 is 0 Å². The molecule has 0 fully saturated rings. The Balaban J connectivity index is 2.53. The zero-order chi connectivity index (χ0) is 14.0. The number of aromatic nitrogens is 1. The van der Waals surface area contributed by atoms with Gasteiger partial charge >= 0.3 is 0 Å². The van der Waals surface area contributed by atoms with Crippen LogP contribution in [0.3, 0.4) is 0 Å². The number of pyridine rings is 1. The molecule has 0 aliphatic heterocycles. The van der Waals surface area contributed by atoms with Gasteiger partial charge in [0.2, 0.25) is 0 Å². The molecule has 0 N–H and O–H groups in total. The van der Waals surface area contributed by atoms with Crippen molar-refractivity contribution in [2.75, 3.05) is 0 Å². The normalized spacial score (nSPS) is 11.1. The summed E-state index contributed by atoms with van der Waals surface area (Å²) in [6.07, 6.45) is 0.899. The van der Waals surface area contributed by atoms with E-state index in [1.807, 2.05) is 0 Å². The highest BCUT2D eigenvalue weighted by Gasteiger charge is 2.09. The molecule has 2 aromatic rings. The number of aryl methyl sites for hydroxylation is 1. The van der Waals surface area contributed by atoms with Crippen LogP contribution in [0.4, 0.5) is 5.69 Å². The number of rotatable bonds is 4. The second kappa shape index (κ2) is 5.22. The van der Waals surface area contributed by atoms with E-state index in [9.17, 15) is 14.9 Å². The van der Waals surface area contributed by atoms with Gasteiger partial charge in [-0.05, 0) is 24.5 Å². The highest BCUT2D eigenvalue weighted by Crippen LogP contribution is 2.20. The molecule has 0 aliphatic rings. The fourth-order valence-corrected chi connectivity index (χ4v) is 2.02. The summed E-state index contributed by atoms with van der Waals surface area (Å²) in [4.78, 5) is 22.2. The van der Waals surface area contributed by atoms with Crippen molar-refractivity contribution in [1.82, 2.24) is 4.57 Å². The molecule has 0 radical (unpaired) electrons. The molecule has 0 saturated heterocycles. The third-order valence-corrected chi connectivity index (χ3v) is 3.11. The first kappa shape index (κ1) is 13.3. The SMILES string of the molecule is CC(C)CCn1c(=O)ccc2cc([N+](=O)[O-])ccc21. The molecular formula is C14H16N2O3. The van der Waals surface area contributed by atoms with E-state index in [0.29, 0.717) is 12.5 Å². The van der Waals surface area contributed by atoms with Crippen LogP contribution in [0, 0.1) is 16.0 Å². The summed E-state index contributed by atoms with van der Waals surface area (Å²) in [5.41, 5.74) is 0.724. The van der Waals surface area contributed by atoms with Crippen LogP contribution < -0.4 is 5.56 Å². The lowest BCUT2D eigenvalue weighted by Crippen LogP contribution is -2.20. The van der Waals surface area contributed by atoms with Gasteiger partial charge in [-0.15, -0.1) is 0 Å². The Morgan fingerprint density at radius 3 is 2.63 bits per heavy atom. The Labute approximate surface area is 110 Å². The summed E-state index contributed by atoms with van der Waals surface area (Å²) < 4.78 is 1.68. The lowest BCUT2D eigenvalue weighted by molar-refractivity contribution is -0.384. The molecule has 2 rings (SSSR count). The molecule has 1 heterocycles. The number of fused-ring (bicyclic) bond motifs is 1. The number of benzene rings is 1. The predicted molar refractivity (Wildman–Crippen MR) is 74.3 cm³/mol. The molecule has 1 aromatic heterocycles. The minimum absolute atomic E-state index is 0.0431. The smallest absolute Gasteiger partial charge is 0.270 e. The van der Waals surface area contributed by atoms with Gasteiger partial charge in [0.05, 0.1) is 10.4 Å². The fraction of sp³-hybridized carbons (Fsp3) is 0.357. The number of nitro groups is 1. The van der Waals surface area contributed by atoms with E-state index in [2.05, 4.69) is 13.8 Å². The van der Waals surface area contributed by atoms with Gasteiger partial charge in [-0.3, -0.25) is 14.9 Å². The van der Waals surface area contributed by atoms with Crippen molar-refractivity contribution in [3.63, 3.8) is 0 Å². The van der Waals surface area contributed by atoms with Crippen molar-refractivity contribution in [3.05, 3.63) is 50.8 Å². The number of hydrogen-bond acceptors (Lipinski definition) is 3. The summed E-state index contributed by atoms with van der Waals surface area (Å²) >= 11 is 0. The predicted octanol–water partition coefficient (Wildman–Crippen LogP) is 2.96. The molecule has 1 aromatic carbocycles. The second-order valence-electron chi connectivity index (χ2n) is 5.01. The number of hydrogen-bond donors (Lipinski definition) is 0. The standard InChI is InChI=1S/C14H16N2O3/c1-10(2)7-8-15-13-5-4-12(16(18)19)9-11(13)3-6-14(15)17/h3-6,9-10H,7-8H2,1-2H3. The van der Waals surface area contributed by atoms with Gasteiger partial charge < -0.3 is 4.57 Å². The molecular weight excluding hydrogens is 244 g/mol. The van der Waals surface area contributed by atoms with Crippen LogP contribution in [0.1, 0.15) is 20.3 Å². The molecule has 100 valence electrons. The van der Waals surface area contributed by atoms with Crippen LogP contribution in [-0.2, 0) is 6.54 Å². The molecule has 0 aliphatic carbocycles. The number of nitrogens with zero attached hydrogens (tertiary/aromatic N) is 2. The Bertz CT molecular complexity index is 674. The second-order valence-corrected chi connectivity index (χ2v) is 5.01. The Morgan fingerprint density at radius 1 is 1.26 bits per heavy atom. The van der Waals surface area contributed by atoms with Gasteiger partial charge in [0.15, 0.2) is 0 Å². The van der Waals surface area contributed by atoms with Crippen molar-refractivity contribution in [1.29, 1.82) is 0 Å². The molecule has 0 unspecified atom stereocenters. The third kappa shape index (κ3) is 2.81. The molecule has 5 heteroatoms. The van der Waals surface area contributed by atoms with Crippen LogP contribution in [0.15, 0.2) is 35.1 Å². The first-order chi connectivity index (χ1) is 8.99. The van der Waals surface area contributed by atoms with Crippen LogP contribution in [0.25, 0.3) is 10.9 Å². The summed E-state index contributed by atoms with van der Waals surface area (Å²) in [5, 5.41) is 11.5. The highest BCUT2D eigenvalue weighted by atomic mass is 16.6. The van der Waals surface area contributed by atoms with E-state index in [1.165, 1.54) is 18.2 Å². The average molecular weight is 260 g/mol. The first-order valence-electron chi connectivity index (χ1n) is 6.27. The van der Waals surface area contributed by atoms with Crippen molar-refractivity contribution in [2.45, 2.75) is 26.8 Å². The Hall–Kier alpha value is -2.17. The van der Waals surface area contributed by atoms with E-state index >= 15 is 0 Å². The average Bonchev–Trinajstić information content (AvgIpc) is 2.36. The maximum Gasteiger partial charge on any atom is 0.270 e. The maximum atomic E-state index is 11.9. The number of non-ortho nitro benzene ring substituents is 1. The lowest BCUT2D eigenvalue weighted by Gasteiger charge is -2.11. The van der Waals surface area contributed by atoms with Gasteiger partial charge in [-0.25, -0.2) is 0 Å². The first-order valence-corrected chi connectivity index (χ1v) is 6.27. The summed E-state index contributed by atoms with van der Waals surface area (Å²) in [7, 11) is 0. The van der Waals surface area contributed by atoms with Crippen molar-refractivity contribution in [3.8, 4) is 0 Å². The van der Waals surface area contributed by atoms with E-state index in [0.717, 1.165) is 17.3 Å². The van der Waals surface area contributed by atoms with Crippen molar-refractivity contribution >= 4 is 16.6 Å². The fourth-order valence-electron chi connectivity index (χ4n) is 2.02. The van der Waals surface area contributed by atoms with Crippen molar-refractivity contribution in [2.24, 2.45) is 5.92 Å². The molecule has 0 spiro atoms. The Morgan fingerprint density at radius 2 is 2.00 bits per heavy atom. The molecule has 5 nitrogen and oxygen atoms in total. The van der Waals surface area contributed by atoms with Gasteiger partial charge in [0.1, 0.15) is 0 Å². The molecule has 0 atom stereocenters. The zero-order valence-corrected chi connectivity index (χ0v) is 11.0. The number of nitro benzene ring substituents is 1. The minimum Gasteiger partial charge on any atom is -0.308 e. The van der Waals surface area contributed by atoms with Crippen LogP contribution in [0.2, 0.25) is 0 Å². The quantitative estimate of drug-likeness (QED) is 0.627. The van der Waals surface area contributed by atoms with E-state index in [1.54, 1.807) is 16.7 Å². The van der Waals surface area contributed by atoms with Gasteiger partial charge in [0, 0.05) is 30.1 Å². The maximum absolute atomic E-state index is 11.9. The summed E-state index contributed by atoms with van der Waals surface area (Å²) in [6.45, 7) is 4.83. The van der Waals surface area contributed by atoms with E-state index in [4.69, 9.17) is 0 Å². The lowest BCUT2D eigenvalue weighted by atomic mass is 10.1. The van der Waals surface area contributed by atoms with Gasteiger partial charge in [-0.2, -0.15) is 0 Å². The van der Waals surface area contributed by atoms with Gasteiger partial charge in [-0.1, -0.05) is 13.8 Å². The Kier molecular flexibility index (Phi) is 3.64. The molecule has 19 heavy (non-hydrogen) atoms.